The van der Waals surface area contributed by atoms with Crippen LogP contribution in [-0.4, -0.2) is 21.4 Å². The van der Waals surface area contributed by atoms with E-state index in [4.69, 9.17) is 16.0 Å². The molecule has 2 aromatic heterocycles. The quantitative estimate of drug-likeness (QED) is 0.348. The largest absolute Gasteiger partial charge is 0.410 e. The van der Waals surface area contributed by atoms with Crippen molar-refractivity contribution in [3.05, 3.63) is 64.7 Å². The van der Waals surface area contributed by atoms with Gasteiger partial charge in [0, 0.05) is 10.1 Å². The molecule has 5 nitrogen and oxygen atoms in total. The average Bonchev–Trinajstić information content (AvgIpc) is 3.38. The number of aromatic nitrogens is 2. The van der Waals surface area contributed by atoms with Gasteiger partial charge in [-0.25, -0.2) is 0 Å². The molecule has 2 atom stereocenters. The van der Waals surface area contributed by atoms with Crippen molar-refractivity contribution < 1.29 is 9.21 Å². The first-order chi connectivity index (χ1) is 15.1. The van der Waals surface area contributed by atoms with Gasteiger partial charge < -0.3 is 9.73 Å². The van der Waals surface area contributed by atoms with E-state index in [1.165, 1.54) is 34.2 Å². The molecule has 0 unspecified atom stereocenters. The predicted molar refractivity (Wildman–Crippen MR) is 126 cm³/mol. The van der Waals surface area contributed by atoms with Crippen molar-refractivity contribution in [2.24, 2.45) is 0 Å². The van der Waals surface area contributed by atoms with Gasteiger partial charge in [-0.3, -0.25) is 4.79 Å². The number of rotatable bonds is 5. The number of hydrogen-bond acceptors (Lipinski definition) is 6. The summed E-state index contributed by atoms with van der Waals surface area (Å²) in [5, 5.41) is 13.1. The fourth-order valence-corrected chi connectivity index (χ4v) is 6.02. The van der Waals surface area contributed by atoms with Gasteiger partial charge in [0.25, 0.3) is 11.1 Å². The molecule has 0 aliphatic heterocycles. The maximum atomic E-state index is 12.8. The van der Waals surface area contributed by atoms with E-state index in [0.717, 1.165) is 34.2 Å². The molecular formula is C23H20ClN3O2S2. The number of hydrogen-bond donors (Lipinski definition) is 1. The minimum absolute atomic E-state index is 0.0358. The average molecular weight is 470 g/mol. The van der Waals surface area contributed by atoms with Gasteiger partial charge in [0.15, 0.2) is 0 Å². The zero-order valence-corrected chi connectivity index (χ0v) is 19.2. The molecule has 8 heteroatoms. The van der Waals surface area contributed by atoms with Gasteiger partial charge >= 0.3 is 0 Å². The number of halogens is 1. The molecule has 0 radical (unpaired) electrons. The van der Waals surface area contributed by atoms with Crippen molar-refractivity contribution in [3.63, 3.8) is 0 Å². The van der Waals surface area contributed by atoms with Gasteiger partial charge in [-0.1, -0.05) is 65.8 Å². The van der Waals surface area contributed by atoms with Gasteiger partial charge in [0.1, 0.15) is 4.88 Å². The van der Waals surface area contributed by atoms with E-state index < -0.39 is 0 Å². The zero-order valence-electron chi connectivity index (χ0n) is 16.8. The summed E-state index contributed by atoms with van der Waals surface area (Å²) in [7, 11) is 0. The molecule has 0 spiro atoms. The highest BCUT2D eigenvalue weighted by molar-refractivity contribution is 8.00. The maximum Gasteiger partial charge on any atom is 0.277 e. The van der Waals surface area contributed by atoms with E-state index in [-0.39, 0.29) is 17.2 Å². The molecule has 1 aliphatic carbocycles. The van der Waals surface area contributed by atoms with Crippen LogP contribution in [0.15, 0.2) is 58.2 Å². The fraction of sp³-hybridized carbons (Fsp3) is 0.261. The van der Waals surface area contributed by atoms with Crippen LogP contribution >= 0.6 is 34.7 Å². The highest BCUT2D eigenvalue weighted by atomic mass is 35.5. The van der Waals surface area contributed by atoms with E-state index in [1.54, 1.807) is 0 Å². The van der Waals surface area contributed by atoms with Crippen molar-refractivity contribution in [1.29, 1.82) is 0 Å². The minimum atomic E-state index is -0.361. The molecule has 1 aliphatic rings. The van der Waals surface area contributed by atoms with Gasteiger partial charge in [-0.2, -0.15) is 0 Å². The van der Waals surface area contributed by atoms with Crippen molar-refractivity contribution in [2.75, 3.05) is 0 Å². The van der Waals surface area contributed by atoms with Crippen LogP contribution in [0, 0.1) is 0 Å². The Balaban J connectivity index is 1.28. The summed E-state index contributed by atoms with van der Waals surface area (Å²) in [4.78, 5) is 13.6. The molecule has 4 aromatic rings. The Bertz CT molecular complexity index is 1250. The van der Waals surface area contributed by atoms with Gasteiger partial charge in [-0.15, -0.1) is 21.5 Å². The molecule has 158 valence electrons. The number of thiophene rings is 1. The van der Waals surface area contributed by atoms with Crippen LogP contribution in [0.4, 0.5) is 0 Å². The first-order valence-electron chi connectivity index (χ1n) is 10.2. The number of nitrogens with one attached hydrogen (secondary N) is 1. The Morgan fingerprint density at radius 2 is 2.03 bits per heavy atom. The number of carbonyl (C=O) groups is 1. The van der Waals surface area contributed by atoms with Gasteiger partial charge in [-0.05, 0) is 43.4 Å². The number of nitrogens with zero attached hydrogens (tertiary/aromatic N) is 2. The normalized spacial score (nSPS) is 16.8. The van der Waals surface area contributed by atoms with E-state index in [2.05, 4.69) is 33.7 Å². The number of carbonyl (C=O) groups excluding carboxylic acids is 1. The number of aryl methyl sites for hydroxylation is 1. The molecule has 5 rings (SSSR count). The van der Waals surface area contributed by atoms with Crippen molar-refractivity contribution >= 4 is 50.7 Å². The topological polar surface area (TPSA) is 68.0 Å². The molecule has 1 amide bonds. The van der Waals surface area contributed by atoms with Crippen LogP contribution in [0.2, 0.25) is 5.02 Å². The van der Waals surface area contributed by atoms with Crippen LogP contribution in [0.25, 0.3) is 20.9 Å². The second kappa shape index (κ2) is 8.65. The SMILES string of the molecule is C[C@@H](Sc1nnc(-c2sc3ccccc3c2Cl)o1)C(=O)N[C@@H]1CCCc2ccccc21. The monoisotopic (exact) mass is 469 g/mol. The molecule has 31 heavy (non-hydrogen) atoms. The maximum absolute atomic E-state index is 12.8. The Morgan fingerprint density at radius 1 is 1.23 bits per heavy atom. The van der Waals surface area contributed by atoms with E-state index in [1.807, 2.05) is 37.3 Å². The summed E-state index contributed by atoms with van der Waals surface area (Å²) in [5.74, 6) is 0.342. The highest BCUT2D eigenvalue weighted by Gasteiger charge is 2.26. The molecule has 1 N–H and O–H groups in total. The highest BCUT2D eigenvalue weighted by Crippen LogP contribution is 2.42. The lowest BCUT2D eigenvalue weighted by Gasteiger charge is -2.27. The third-order valence-corrected chi connectivity index (χ3v) is 8.07. The van der Waals surface area contributed by atoms with Crippen molar-refractivity contribution in [1.82, 2.24) is 15.5 Å². The van der Waals surface area contributed by atoms with Crippen LogP contribution in [0.5, 0.6) is 0 Å². The van der Waals surface area contributed by atoms with Crippen molar-refractivity contribution in [3.8, 4) is 10.8 Å². The lowest BCUT2D eigenvalue weighted by molar-refractivity contribution is -0.121. The Labute approximate surface area is 193 Å². The summed E-state index contributed by atoms with van der Waals surface area (Å²) in [6, 6.07) is 16.3. The van der Waals surface area contributed by atoms with Crippen molar-refractivity contribution in [2.45, 2.75) is 42.7 Å². The van der Waals surface area contributed by atoms with E-state index in [9.17, 15) is 4.79 Å². The summed E-state index contributed by atoms with van der Waals surface area (Å²) >= 11 is 9.29. The van der Waals surface area contributed by atoms with Gasteiger partial charge in [0.05, 0.1) is 16.3 Å². The number of fused-ring (bicyclic) bond motifs is 2. The minimum Gasteiger partial charge on any atom is -0.410 e. The number of amides is 1. The standard InChI is InChI=1S/C23H20ClN3O2S2/c1-13(21(28)25-17-11-6-8-14-7-2-3-9-15(14)17)30-23-27-26-22(29-23)20-19(24)16-10-4-5-12-18(16)31-20/h2-5,7,9-10,12-13,17H,6,8,11H2,1H3,(H,25,28)/t13-,17-/m1/s1. The van der Waals surface area contributed by atoms with E-state index >= 15 is 0 Å². The van der Waals surface area contributed by atoms with E-state index in [0.29, 0.717) is 16.1 Å². The van der Waals surface area contributed by atoms with Gasteiger partial charge in [0.2, 0.25) is 5.91 Å². The Kier molecular flexibility index (Phi) is 5.73. The molecule has 0 saturated carbocycles. The van der Waals surface area contributed by atoms with Crippen LogP contribution in [0.1, 0.15) is 36.9 Å². The molecule has 0 saturated heterocycles. The summed E-state index contributed by atoms with van der Waals surface area (Å²) in [6.45, 7) is 1.85. The molecule has 0 fully saturated rings. The number of benzene rings is 2. The first-order valence-corrected chi connectivity index (χ1v) is 12.2. The predicted octanol–water partition coefficient (Wildman–Crippen LogP) is 6.28. The Hall–Kier alpha value is -2.35. The summed E-state index contributed by atoms with van der Waals surface area (Å²) < 4.78 is 6.90. The molecular weight excluding hydrogens is 450 g/mol. The lowest BCUT2D eigenvalue weighted by Crippen LogP contribution is -2.35. The second-order valence-corrected chi connectivity index (χ2v) is 10.2. The van der Waals surface area contributed by atoms with Crippen LogP contribution in [-0.2, 0) is 11.2 Å². The fourth-order valence-electron chi connectivity index (χ4n) is 3.90. The number of thioether (sulfide) groups is 1. The zero-order chi connectivity index (χ0) is 21.4. The second-order valence-electron chi connectivity index (χ2n) is 7.53. The lowest BCUT2D eigenvalue weighted by atomic mass is 9.88. The summed E-state index contributed by atoms with van der Waals surface area (Å²) in [6.07, 6.45) is 3.10. The molecule has 2 aromatic carbocycles. The molecule has 2 heterocycles. The smallest absolute Gasteiger partial charge is 0.277 e. The van der Waals surface area contributed by atoms with Crippen LogP contribution in [0.3, 0.4) is 0 Å². The Morgan fingerprint density at radius 3 is 2.90 bits per heavy atom. The third-order valence-electron chi connectivity index (χ3n) is 5.47. The summed E-state index contributed by atoms with van der Waals surface area (Å²) in [5.41, 5.74) is 2.54. The first kappa shape index (κ1) is 20.5. The van der Waals surface area contributed by atoms with Crippen LogP contribution < -0.4 is 5.32 Å². The molecule has 0 bridgehead atoms. The third kappa shape index (κ3) is 4.10.